The molecule has 0 amide bonds. The zero-order valence-corrected chi connectivity index (χ0v) is 27.2. The summed E-state index contributed by atoms with van der Waals surface area (Å²) in [5.74, 6) is 2.02. The fourth-order valence-electron chi connectivity index (χ4n) is 7.58. The molecule has 4 aliphatic heterocycles. The Morgan fingerprint density at radius 2 is 1.94 bits per heavy atom. The van der Waals surface area contributed by atoms with E-state index in [0.717, 1.165) is 32.2 Å². The first-order valence-electron chi connectivity index (χ1n) is 16.0. The Morgan fingerprint density at radius 3 is 2.57 bits per heavy atom. The highest BCUT2D eigenvalue weighted by atomic mass is 32.2. The SMILES string of the molecule is C#Cc1c(F)ccc2cc(O)cc(C3=Cc4nc(OCC5(CN(C)C)CC5)nc(N5CC6CCC(C5)N6)c4S(=O)(=O)N3C3COC3)c12. The number of aromatic hydroxyl groups is 1. The van der Waals surface area contributed by atoms with E-state index in [1.54, 1.807) is 6.08 Å². The maximum atomic E-state index is 15.1. The Kier molecular flexibility index (Phi) is 7.14. The zero-order chi connectivity index (χ0) is 32.7. The van der Waals surface area contributed by atoms with Crippen molar-refractivity contribution in [2.45, 2.75) is 48.7 Å². The van der Waals surface area contributed by atoms with Crippen molar-refractivity contribution in [2.24, 2.45) is 5.41 Å². The molecule has 4 fully saturated rings. The largest absolute Gasteiger partial charge is 0.508 e. The summed E-state index contributed by atoms with van der Waals surface area (Å²) in [5.41, 5.74) is 0.651. The number of phenols is 1. The molecule has 5 heterocycles. The van der Waals surface area contributed by atoms with Crippen molar-refractivity contribution in [1.82, 2.24) is 24.5 Å². The van der Waals surface area contributed by atoms with Crippen molar-refractivity contribution >= 4 is 38.4 Å². The number of piperazine rings is 1. The van der Waals surface area contributed by atoms with Crippen LogP contribution in [0.4, 0.5) is 10.2 Å². The molecule has 1 aromatic heterocycles. The van der Waals surface area contributed by atoms with Crippen LogP contribution < -0.4 is 15.0 Å². The molecule has 13 heteroatoms. The van der Waals surface area contributed by atoms with Gasteiger partial charge < -0.3 is 29.7 Å². The standard InChI is InChI=1S/C34H37FN6O5S/c1-4-25-27(35)8-5-20-11-24(42)12-26(30(20)25)29-13-28-31(47(43,44)41(29)23-16-45-17-23)32(40-14-21-6-7-22(15-40)36-21)38-33(37-28)46-19-34(9-10-34)18-39(2)3/h1,5,8,11-13,21-23,36,42H,6-7,9-10,14-19H2,2-3H3. The minimum absolute atomic E-state index is 0.00134. The van der Waals surface area contributed by atoms with E-state index in [1.807, 2.05) is 19.0 Å². The number of terminal acetylenes is 1. The third-order valence-electron chi connectivity index (χ3n) is 9.94. The van der Waals surface area contributed by atoms with Gasteiger partial charge in [0.1, 0.15) is 11.6 Å². The summed E-state index contributed by atoms with van der Waals surface area (Å²) in [6.07, 6.45) is 11.5. The maximum absolute atomic E-state index is 15.1. The molecule has 1 saturated carbocycles. The van der Waals surface area contributed by atoms with Crippen LogP contribution >= 0.6 is 0 Å². The third kappa shape index (κ3) is 5.18. The summed E-state index contributed by atoms with van der Waals surface area (Å²) >= 11 is 0. The predicted octanol–water partition coefficient (Wildman–Crippen LogP) is 3.02. The van der Waals surface area contributed by atoms with Gasteiger partial charge in [0.25, 0.3) is 10.0 Å². The molecule has 2 bridgehead atoms. The molecule has 5 aliphatic rings. The lowest BCUT2D eigenvalue weighted by Gasteiger charge is -2.42. The molecule has 3 saturated heterocycles. The Morgan fingerprint density at radius 1 is 1.19 bits per heavy atom. The lowest BCUT2D eigenvalue weighted by atomic mass is 9.95. The molecule has 2 atom stereocenters. The van der Waals surface area contributed by atoms with Crippen molar-refractivity contribution in [3.05, 3.63) is 46.9 Å². The molecular weight excluding hydrogens is 623 g/mol. The van der Waals surface area contributed by atoms with Crippen molar-refractivity contribution in [3.8, 4) is 24.1 Å². The van der Waals surface area contributed by atoms with Gasteiger partial charge in [0.15, 0.2) is 10.7 Å². The average molecular weight is 661 g/mol. The number of phenolic OH excluding ortho intramolecular Hbond substituents is 1. The first kappa shape index (κ1) is 30.4. The van der Waals surface area contributed by atoms with Crippen molar-refractivity contribution in [2.75, 3.05) is 58.5 Å². The van der Waals surface area contributed by atoms with Crippen LogP contribution in [-0.4, -0.2) is 104 Å². The average Bonchev–Trinajstić information content (AvgIpc) is 3.68. The highest BCUT2D eigenvalue weighted by Gasteiger charge is 2.47. The van der Waals surface area contributed by atoms with Gasteiger partial charge in [-0.25, -0.2) is 12.8 Å². The minimum Gasteiger partial charge on any atom is -0.508 e. The summed E-state index contributed by atoms with van der Waals surface area (Å²) < 4.78 is 58.1. The molecule has 0 spiro atoms. The van der Waals surface area contributed by atoms with Crippen LogP contribution in [0.2, 0.25) is 0 Å². The molecule has 0 radical (unpaired) electrons. The van der Waals surface area contributed by atoms with Gasteiger partial charge in [-0.05, 0) is 69.4 Å². The molecule has 11 nitrogen and oxygen atoms in total. The number of nitrogens with zero attached hydrogens (tertiary/aromatic N) is 5. The second-order valence-electron chi connectivity index (χ2n) is 13.8. The molecule has 2 aromatic carbocycles. The summed E-state index contributed by atoms with van der Waals surface area (Å²) in [5, 5.41) is 15.2. The fraction of sp³-hybridized carbons (Fsp3) is 0.471. The number of nitrogens with one attached hydrogen (secondary N) is 1. The van der Waals surface area contributed by atoms with E-state index in [0.29, 0.717) is 36.3 Å². The quantitative estimate of drug-likeness (QED) is 0.349. The second kappa shape index (κ2) is 11.1. The third-order valence-corrected chi connectivity index (χ3v) is 11.9. The first-order chi connectivity index (χ1) is 22.5. The first-order valence-corrected chi connectivity index (χ1v) is 17.5. The van der Waals surface area contributed by atoms with Crippen molar-refractivity contribution in [1.29, 1.82) is 0 Å². The van der Waals surface area contributed by atoms with E-state index in [2.05, 4.69) is 16.1 Å². The van der Waals surface area contributed by atoms with Gasteiger partial charge in [0.2, 0.25) is 0 Å². The van der Waals surface area contributed by atoms with Gasteiger partial charge in [0, 0.05) is 48.1 Å². The summed E-state index contributed by atoms with van der Waals surface area (Å²) in [7, 11) is -0.236. The maximum Gasteiger partial charge on any atom is 0.319 e. The Balaban J connectivity index is 1.34. The van der Waals surface area contributed by atoms with Crippen molar-refractivity contribution < 1.29 is 27.4 Å². The van der Waals surface area contributed by atoms with Gasteiger partial charge in [0.05, 0.1) is 42.8 Å². The van der Waals surface area contributed by atoms with Crippen LogP contribution in [0.25, 0.3) is 22.5 Å². The van der Waals surface area contributed by atoms with Gasteiger partial charge >= 0.3 is 6.01 Å². The van der Waals surface area contributed by atoms with Crippen LogP contribution in [-0.2, 0) is 14.8 Å². The number of rotatable bonds is 8. The molecule has 2 unspecified atom stereocenters. The monoisotopic (exact) mass is 660 g/mol. The fourth-order valence-corrected chi connectivity index (χ4v) is 9.47. The summed E-state index contributed by atoms with van der Waals surface area (Å²) in [6, 6.07) is 5.68. The number of fused-ring (bicyclic) bond motifs is 4. The van der Waals surface area contributed by atoms with Gasteiger partial charge in [-0.1, -0.05) is 12.0 Å². The number of aromatic nitrogens is 2. The van der Waals surface area contributed by atoms with Crippen LogP contribution in [0, 0.1) is 23.6 Å². The molecule has 246 valence electrons. The van der Waals surface area contributed by atoms with E-state index >= 15 is 4.39 Å². The number of sulfonamides is 1. The smallest absolute Gasteiger partial charge is 0.319 e. The molecule has 3 aromatic rings. The van der Waals surface area contributed by atoms with E-state index in [1.165, 1.54) is 28.6 Å². The van der Waals surface area contributed by atoms with Gasteiger partial charge in [-0.2, -0.15) is 9.97 Å². The second-order valence-corrected chi connectivity index (χ2v) is 15.5. The topological polar surface area (TPSA) is 120 Å². The molecule has 1 aliphatic carbocycles. The predicted molar refractivity (Wildman–Crippen MR) is 175 cm³/mol. The zero-order valence-electron chi connectivity index (χ0n) is 26.4. The highest BCUT2D eigenvalue weighted by Crippen LogP contribution is 2.48. The number of benzene rings is 2. The van der Waals surface area contributed by atoms with Gasteiger partial charge in [-0.3, -0.25) is 4.31 Å². The van der Waals surface area contributed by atoms with Crippen molar-refractivity contribution in [3.63, 3.8) is 0 Å². The van der Waals surface area contributed by atoms with Crippen LogP contribution in [0.5, 0.6) is 11.8 Å². The lowest BCUT2D eigenvalue weighted by molar-refractivity contribution is -0.0230. The Hall–Kier alpha value is -3.96. The van der Waals surface area contributed by atoms with Gasteiger partial charge in [-0.15, -0.1) is 6.42 Å². The number of hydrogen-bond donors (Lipinski definition) is 2. The number of hydrogen-bond acceptors (Lipinski definition) is 10. The normalized spacial score (nSPS) is 24.1. The molecule has 8 rings (SSSR count). The number of ether oxygens (including phenoxy) is 2. The van der Waals surface area contributed by atoms with Crippen LogP contribution in [0.1, 0.15) is 42.5 Å². The van der Waals surface area contributed by atoms with Crippen LogP contribution in [0.3, 0.4) is 0 Å². The lowest BCUT2D eigenvalue weighted by Crippen LogP contribution is -2.53. The summed E-state index contributed by atoms with van der Waals surface area (Å²) in [4.78, 5) is 13.7. The molecular formula is C34H37FN6O5S. The summed E-state index contributed by atoms with van der Waals surface area (Å²) in [6.45, 7) is 2.81. The molecule has 2 N–H and O–H groups in total. The molecule has 47 heavy (non-hydrogen) atoms. The minimum atomic E-state index is -4.30. The number of halogens is 1. The van der Waals surface area contributed by atoms with Crippen LogP contribution in [0.15, 0.2) is 29.2 Å². The van der Waals surface area contributed by atoms with E-state index in [9.17, 15) is 13.5 Å². The van der Waals surface area contributed by atoms with E-state index in [4.69, 9.17) is 25.9 Å². The van der Waals surface area contributed by atoms with E-state index < -0.39 is 21.9 Å². The highest BCUT2D eigenvalue weighted by molar-refractivity contribution is 7.89. The van der Waals surface area contributed by atoms with E-state index in [-0.39, 0.29) is 69.9 Å². The Labute approximate surface area is 273 Å². The Bertz CT molecular complexity index is 1960. The number of anilines is 1.